The van der Waals surface area contributed by atoms with E-state index < -0.39 is 0 Å². The van der Waals surface area contributed by atoms with Crippen molar-refractivity contribution >= 4 is 11.0 Å². The van der Waals surface area contributed by atoms with Gasteiger partial charge in [-0.3, -0.25) is 0 Å². The molecule has 0 amide bonds. The molecule has 0 atom stereocenters. The van der Waals surface area contributed by atoms with Gasteiger partial charge in [0.2, 0.25) is 0 Å². The Hall–Kier alpha value is -1.35. The van der Waals surface area contributed by atoms with Crippen LogP contribution in [0.25, 0.3) is 11.0 Å². The van der Waals surface area contributed by atoms with E-state index >= 15 is 0 Å². The Morgan fingerprint density at radius 2 is 2.29 bits per heavy atom. The number of nitrogens with two attached hydrogens (primary N) is 1. The van der Waals surface area contributed by atoms with Gasteiger partial charge in [0, 0.05) is 6.54 Å². The summed E-state index contributed by atoms with van der Waals surface area (Å²) in [6.45, 7) is 3.78. The second kappa shape index (κ2) is 3.80. The Balaban J connectivity index is 2.46. The third kappa shape index (κ3) is 1.51. The van der Waals surface area contributed by atoms with Crippen LogP contribution in [0.3, 0.4) is 0 Å². The molecule has 2 N–H and O–H groups in total. The average molecular weight is 189 g/mol. The van der Waals surface area contributed by atoms with E-state index in [1.807, 2.05) is 6.33 Å². The predicted octanol–water partition coefficient (Wildman–Crippen LogP) is 1.56. The van der Waals surface area contributed by atoms with Gasteiger partial charge in [-0.15, -0.1) is 0 Å². The molecule has 0 fully saturated rings. The van der Waals surface area contributed by atoms with Gasteiger partial charge in [0.05, 0.1) is 17.4 Å². The standard InChI is InChI=1S/C11H15N3/c1-2-14-8-13-10-7-9(5-6-12)3-4-11(10)14/h3-4,7-8H,2,5-6,12H2,1H3. The largest absolute Gasteiger partial charge is 0.331 e. The lowest BCUT2D eigenvalue weighted by Gasteiger charge is -2.00. The van der Waals surface area contributed by atoms with Crippen molar-refractivity contribution in [2.75, 3.05) is 6.54 Å². The Morgan fingerprint density at radius 3 is 3.00 bits per heavy atom. The van der Waals surface area contributed by atoms with Crippen LogP contribution in [0.2, 0.25) is 0 Å². The molecule has 0 radical (unpaired) electrons. The lowest BCUT2D eigenvalue weighted by atomic mass is 10.1. The zero-order chi connectivity index (χ0) is 9.97. The first-order valence-corrected chi connectivity index (χ1v) is 4.99. The molecule has 0 bridgehead atoms. The molecule has 1 aromatic heterocycles. The maximum absolute atomic E-state index is 5.51. The van der Waals surface area contributed by atoms with Crippen molar-refractivity contribution in [2.24, 2.45) is 5.73 Å². The van der Waals surface area contributed by atoms with Crippen LogP contribution < -0.4 is 5.73 Å². The minimum atomic E-state index is 0.694. The summed E-state index contributed by atoms with van der Waals surface area (Å²) < 4.78 is 2.14. The molecule has 0 saturated carbocycles. The van der Waals surface area contributed by atoms with Crippen molar-refractivity contribution < 1.29 is 0 Å². The number of aryl methyl sites for hydroxylation is 1. The van der Waals surface area contributed by atoms with Crippen molar-refractivity contribution in [2.45, 2.75) is 19.9 Å². The van der Waals surface area contributed by atoms with Gasteiger partial charge in [0.25, 0.3) is 0 Å². The highest BCUT2D eigenvalue weighted by molar-refractivity contribution is 5.76. The van der Waals surface area contributed by atoms with Crippen molar-refractivity contribution in [3.63, 3.8) is 0 Å². The van der Waals surface area contributed by atoms with Gasteiger partial charge in [-0.2, -0.15) is 0 Å². The molecule has 0 aliphatic rings. The van der Waals surface area contributed by atoms with E-state index in [0.29, 0.717) is 6.54 Å². The minimum Gasteiger partial charge on any atom is -0.331 e. The molecule has 14 heavy (non-hydrogen) atoms. The van der Waals surface area contributed by atoms with Gasteiger partial charge in [-0.05, 0) is 37.6 Å². The fourth-order valence-corrected chi connectivity index (χ4v) is 1.68. The van der Waals surface area contributed by atoms with Crippen LogP contribution in [0.4, 0.5) is 0 Å². The van der Waals surface area contributed by atoms with E-state index in [9.17, 15) is 0 Å². The van der Waals surface area contributed by atoms with Gasteiger partial charge in [-0.25, -0.2) is 4.98 Å². The topological polar surface area (TPSA) is 43.8 Å². The highest BCUT2D eigenvalue weighted by Crippen LogP contribution is 2.14. The molecule has 0 unspecified atom stereocenters. The number of nitrogens with zero attached hydrogens (tertiary/aromatic N) is 2. The van der Waals surface area contributed by atoms with Crippen LogP contribution in [0.1, 0.15) is 12.5 Å². The summed E-state index contributed by atoms with van der Waals surface area (Å²) in [4.78, 5) is 4.35. The number of rotatable bonds is 3. The Morgan fingerprint density at radius 1 is 1.43 bits per heavy atom. The lowest BCUT2D eigenvalue weighted by molar-refractivity contribution is 0.787. The summed E-state index contributed by atoms with van der Waals surface area (Å²) >= 11 is 0. The van der Waals surface area contributed by atoms with E-state index in [1.165, 1.54) is 11.1 Å². The smallest absolute Gasteiger partial charge is 0.0958 e. The summed E-state index contributed by atoms with van der Waals surface area (Å²) in [7, 11) is 0. The number of hydrogen-bond donors (Lipinski definition) is 1. The summed E-state index contributed by atoms with van der Waals surface area (Å²) in [5, 5.41) is 0. The van der Waals surface area contributed by atoms with Crippen molar-refractivity contribution in [1.29, 1.82) is 0 Å². The minimum absolute atomic E-state index is 0.694. The molecule has 1 aromatic carbocycles. The summed E-state index contributed by atoms with van der Waals surface area (Å²) in [5.74, 6) is 0. The maximum atomic E-state index is 5.51. The summed E-state index contributed by atoms with van der Waals surface area (Å²) in [5.41, 5.74) is 9.05. The molecular weight excluding hydrogens is 174 g/mol. The fraction of sp³-hybridized carbons (Fsp3) is 0.364. The zero-order valence-corrected chi connectivity index (χ0v) is 8.40. The molecular formula is C11H15N3. The number of benzene rings is 1. The third-order valence-electron chi connectivity index (χ3n) is 2.46. The van der Waals surface area contributed by atoms with Crippen LogP contribution in [-0.4, -0.2) is 16.1 Å². The molecule has 74 valence electrons. The van der Waals surface area contributed by atoms with Crippen molar-refractivity contribution in [1.82, 2.24) is 9.55 Å². The first kappa shape index (κ1) is 9.21. The van der Waals surface area contributed by atoms with E-state index in [1.54, 1.807) is 0 Å². The summed E-state index contributed by atoms with van der Waals surface area (Å²) in [6.07, 6.45) is 2.81. The monoisotopic (exact) mass is 189 g/mol. The second-order valence-electron chi connectivity index (χ2n) is 3.39. The Bertz CT molecular complexity index is 431. The normalized spacial score (nSPS) is 11.0. The van der Waals surface area contributed by atoms with Crippen molar-refractivity contribution in [3.8, 4) is 0 Å². The van der Waals surface area contributed by atoms with Crippen LogP contribution in [0.15, 0.2) is 24.5 Å². The van der Waals surface area contributed by atoms with Gasteiger partial charge >= 0.3 is 0 Å². The summed E-state index contributed by atoms with van der Waals surface area (Å²) in [6, 6.07) is 6.37. The molecule has 3 heteroatoms. The van der Waals surface area contributed by atoms with Crippen LogP contribution in [-0.2, 0) is 13.0 Å². The number of hydrogen-bond acceptors (Lipinski definition) is 2. The molecule has 0 aliphatic heterocycles. The SMILES string of the molecule is CCn1cnc2cc(CCN)ccc21. The third-order valence-corrected chi connectivity index (χ3v) is 2.46. The molecule has 1 heterocycles. The van der Waals surface area contributed by atoms with Gasteiger partial charge in [-0.1, -0.05) is 6.07 Å². The van der Waals surface area contributed by atoms with Gasteiger partial charge in [0.15, 0.2) is 0 Å². The molecule has 0 spiro atoms. The number of imidazole rings is 1. The fourth-order valence-electron chi connectivity index (χ4n) is 1.68. The van der Waals surface area contributed by atoms with E-state index in [4.69, 9.17) is 5.73 Å². The van der Waals surface area contributed by atoms with Crippen LogP contribution >= 0.6 is 0 Å². The van der Waals surface area contributed by atoms with E-state index in [-0.39, 0.29) is 0 Å². The van der Waals surface area contributed by atoms with Crippen LogP contribution in [0.5, 0.6) is 0 Å². The maximum Gasteiger partial charge on any atom is 0.0958 e. The molecule has 0 aliphatic carbocycles. The van der Waals surface area contributed by atoms with E-state index in [0.717, 1.165) is 18.5 Å². The van der Waals surface area contributed by atoms with Gasteiger partial charge < -0.3 is 10.3 Å². The quantitative estimate of drug-likeness (QED) is 0.796. The van der Waals surface area contributed by atoms with Gasteiger partial charge in [0.1, 0.15) is 0 Å². The number of fused-ring (bicyclic) bond motifs is 1. The Kier molecular flexibility index (Phi) is 2.50. The lowest BCUT2D eigenvalue weighted by Crippen LogP contribution is -2.02. The second-order valence-corrected chi connectivity index (χ2v) is 3.39. The molecule has 2 aromatic rings. The molecule has 0 saturated heterocycles. The van der Waals surface area contributed by atoms with E-state index in [2.05, 4.69) is 34.7 Å². The van der Waals surface area contributed by atoms with Crippen molar-refractivity contribution in [3.05, 3.63) is 30.1 Å². The zero-order valence-electron chi connectivity index (χ0n) is 8.40. The Labute approximate surface area is 83.6 Å². The molecule has 2 rings (SSSR count). The first-order valence-electron chi connectivity index (χ1n) is 4.99. The predicted molar refractivity (Wildman–Crippen MR) is 58.2 cm³/mol. The molecule has 3 nitrogen and oxygen atoms in total. The highest BCUT2D eigenvalue weighted by Gasteiger charge is 2.01. The first-order chi connectivity index (χ1) is 6.85. The highest BCUT2D eigenvalue weighted by atomic mass is 15.0. The number of aromatic nitrogens is 2. The van der Waals surface area contributed by atoms with Crippen LogP contribution in [0, 0.1) is 0 Å². The average Bonchev–Trinajstić information content (AvgIpc) is 2.60.